The van der Waals surface area contributed by atoms with Gasteiger partial charge in [0, 0.05) is 18.3 Å². The van der Waals surface area contributed by atoms with E-state index in [0.29, 0.717) is 6.54 Å². The lowest BCUT2D eigenvalue weighted by molar-refractivity contribution is 0.0124. The molecule has 1 saturated heterocycles. The number of carbonyl (C=O) groups excluding carboxylic acids is 1. The van der Waals surface area contributed by atoms with E-state index in [1.807, 2.05) is 20.8 Å². The predicted molar refractivity (Wildman–Crippen MR) is 74.9 cm³/mol. The van der Waals surface area contributed by atoms with Gasteiger partial charge < -0.3 is 9.64 Å². The maximum Gasteiger partial charge on any atom is 0.410 e. The average molecular weight is 291 g/mol. The molecule has 0 aromatic carbocycles. The smallest absolute Gasteiger partial charge is 0.410 e. The number of rotatable bonds is 3. The zero-order valence-corrected chi connectivity index (χ0v) is 13.1. The van der Waals surface area contributed by atoms with Gasteiger partial charge in [-0.1, -0.05) is 6.92 Å². The molecule has 1 aliphatic heterocycles. The van der Waals surface area contributed by atoms with Crippen molar-refractivity contribution < 1.29 is 17.9 Å². The molecule has 1 rings (SSSR count). The largest absolute Gasteiger partial charge is 0.444 e. The van der Waals surface area contributed by atoms with Gasteiger partial charge in [0.05, 0.1) is 5.75 Å². The van der Waals surface area contributed by atoms with Crippen molar-refractivity contribution in [2.45, 2.75) is 58.6 Å². The number of sulfone groups is 1. The highest BCUT2D eigenvalue weighted by molar-refractivity contribution is 7.91. The second-order valence-corrected chi connectivity index (χ2v) is 8.42. The van der Waals surface area contributed by atoms with Crippen molar-refractivity contribution in [3.05, 3.63) is 0 Å². The van der Waals surface area contributed by atoms with Gasteiger partial charge in [0.1, 0.15) is 5.60 Å². The lowest BCUT2D eigenvalue weighted by Gasteiger charge is -2.36. The van der Waals surface area contributed by atoms with Crippen molar-refractivity contribution in [1.29, 1.82) is 0 Å². The lowest BCUT2D eigenvalue weighted by atomic mass is 10.0. The number of carbonyl (C=O) groups is 1. The van der Waals surface area contributed by atoms with Gasteiger partial charge in [-0.3, -0.25) is 0 Å². The molecule has 0 spiro atoms. The molecule has 6 heteroatoms. The maximum absolute atomic E-state index is 12.1. The van der Waals surface area contributed by atoms with Crippen LogP contribution >= 0.6 is 0 Å². The summed E-state index contributed by atoms with van der Waals surface area (Å²) in [6.07, 6.45) is 2.20. The number of likely N-dealkylation sites (tertiary alicyclic amines) is 1. The van der Waals surface area contributed by atoms with E-state index in [1.54, 1.807) is 11.8 Å². The Labute approximate surface area is 116 Å². The van der Waals surface area contributed by atoms with Crippen LogP contribution < -0.4 is 0 Å². The SMILES string of the molecule is CCS(=O)(=O)C[C@H]1CCCCN1C(=O)OC(C)(C)C. The fourth-order valence-electron chi connectivity index (χ4n) is 2.15. The number of amides is 1. The van der Waals surface area contributed by atoms with Crippen molar-refractivity contribution >= 4 is 15.9 Å². The molecule has 0 unspecified atom stereocenters. The van der Waals surface area contributed by atoms with Crippen LogP contribution in [0.2, 0.25) is 0 Å². The van der Waals surface area contributed by atoms with Crippen LogP contribution in [0, 0.1) is 0 Å². The Balaban J connectivity index is 2.75. The predicted octanol–water partition coefficient (Wildman–Crippen LogP) is 2.21. The Morgan fingerprint density at radius 2 is 1.95 bits per heavy atom. The van der Waals surface area contributed by atoms with Gasteiger partial charge in [0.25, 0.3) is 0 Å². The summed E-state index contributed by atoms with van der Waals surface area (Å²) in [5.41, 5.74) is -0.553. The van der Waals surface area contributed by atoms with Crippen molar-refractivity contribution in [3.63, 3.8) is 0 Å². The summed E-state index contributed by atoms with van der Waals surface area (Å²) in [5, 5.41) is 0. The standard InChI is InChI=1S/C13H25NO4S/c1-5-19(16,17)10-11-8-6-7-9-14(11)12(15)18-13(2,3)4/h11H,5-10H2,1-4H3/t11-/m1/s1. The van der Waals surface area contributed by atoms with E-state index in [4.69, 9.17) is 4.74 Å². The molecule has 0 N–H and O–H groups in total. The maximum atomic E-state index is 12.1. The first-order valence-corrected chi connectivity index (χ1v) is 8.67. The summed E-state index contributed by atoms with van der Waals surface area (Å²) in [7, 11) is -3.08. The fraction of sp³-hybridized carbons (Fsp3) is 0.923. The number of piperidine rings is 1. The van der Waals surface area contributed by atoms with Crippen LogP contribution in [0.5, 0.6) is 0 Å². The molecule has 0 radical (unpaired) electrons. The highest BCUT2D eigenvalue weighted by Crippen LogP contribution is 2.21. The Morgan fingerprint density at radius 1 is 1.32 bits per heavy atom. The quantitative estimate of drug-likeness (QED) is 0.799. The molecule has 0 aromatic heterocycles. The first-order valence-electron chi connectivity index (χ1n) is 6.84. The van der Waals surface area contributed by atoms with E-state index >= 15 is 0 Å². The van der Waals surface area contributed by atoms with E-state index in [-0.39, 0.29) is 17.5 Å². The molecule has 5 nitrogen and oxygen atoms in total. The van der Waals surface area contributed by atoms with Crippen molar-refractivity contribution in [3.8, 4) is 0 Å². The fourth-order valence-corrected chi connectivity index (χ4v) is 3.31. The highest BCUT2D eigenvalue weighted by Gasteiger charge is 2.32. The van der Waals surface area contributed by atoms with Crippen LogP contribution in [0.4, 0.5) is 4.79 Å². The van der Waals surface area contributed by atoms with Gasteiger partial charge in [0.15, 0.2) is 9.84 Å². The number of nitrogens with zero attached hydrogens (tertiary/aromatic N) is 1. The molecular formula is C13H25NO4S. The molecule has 0 saturated carbocycles. The minimum atomic E-state index is -3.08. The molecule has 19 heavy (non-hydrogen) atoms. The average Bonchev–Trinajstić information content (AvgIpc) is 2.27. The molecule has 0 aliphatic carbocycles. The molecule has 0 bridgehead atoms. The van der Waals surface area contributed by atoms with Gasteiger partial charge >= 0.3 is 6.09 Å². The third-order valence-electron chi connectivity index (χ3n) is 3.14. The van der Waals surface area contributed by atoms with Gasteiger partial charge in [-0.25, -0.2) is 13.2 Å². The highest BCUT2D eigenvalue weighted by atomic mass is 32.2. The Kier molecular flexibility index (Phi) is 5.24. The molecule has 1 atom stereocenters. The van der Waals surface area contributed by atoms with Gasteiger partial charge in [0.2, 0.25) is 0 Å². The van der Waals surface area contributed by atoms with Crippen LogP contribution in [-0.4, -0.2) is 49.1 Å². The van der Waals surface area contributed by atoms with Crippen LogP contribution in [0.15, 0.2) is 0 Å². The van der Waals surface area contributed by atoms with E-state index < -0.39 is 21.5 Å². The van der Waals surface area contributed by atoms with E-state index in [2.05, 4.69) is 0 Å². The van der Waals surface area contributed by atoms with E-state index in [0.717, 1.165) is 19.3 Å². The Morgan fingerprint density at radius 3 is 2.47 bits per heavy atom. The third kappa shape index (κ3) is 5.38. The minimum Gasteiger partial charge on any atom is -0.444 e. The molecule has 1 fully saturated rings. The Hall–Kier alpha value is -0.780. The van der Waals surface area contributed by atoms with Crippen LogP contribution in [-0.2, 0) is 14.6 Å². The van der Waals surface area contributed by atoms with Gasteiger partial charge in [-0.05, 0) is 40.0 Å². The zero-order valence-electron chi connectivity index (χ0n) is 12.3. The summed E-state index contributed by atoms with van der Waals surface area (Å²) < 4.78 is 28.8. The molecule has 0 aromatic rings. The summed E-state index contributed by atoms with van der Waals surface area (Å²) in [4.78, 5) is 13.7. The molecule has 1 heterocycles. The van der Waals surface area contributed by atoms with Crippen molar-refractivity contribution in [1.82, 2.24) is 4.90 Å². The summed E-state index contributed by atoms with van der Waals surface area (Å²) in [5.74, 6) is 0.161. The second kappa shape index (κ2) is 6.11. The first kappa shape index (κ1) is 16.3. The molecule has 1 aliphatic rings. The van der Waals surface area contributed by atoms with Crippen LogP contribution in [0.1, 0.15) is 47.0 Å². The van der Waals surface area contributed by atoms with Crippen LogP contribution in [0.25, 0.3) is 0 Å². The lowest BCUT2D eigenvalue weighted by Crippen LogP contribution is -2.49. The molecule has 112 valence electrons. The van der Waals surface area contributed by atoms with E-state index in [9.17, 15) is 13.2 Å². The number of ether oxygens (including phenoxy) is 1. The Bertz CT molecular complexity index is 411. The van der Waals surface area contributed by atoms with Crippen molar-refractivity contribution in [2.24, 2.45) is 0 Å². The zero-order chi connectivity index (χ0) is 14.7. The van der Waals surface area contributed by atoms with Crippen LogP contribution in [0.3, 0.4) is 0 Å². The molecule has 1 amide bonds. The summed E-state index contributed by atoms with van der Waals surface area (Å²) in [6, 6.07) is -0.242. The molecular weight excluding hydrogens is 266 g/mol. The summed E-state index contributed by atoms with van der Waals surface area (Å²) >= 11 is 0. The second-order valence-electron chi connectivity index (χ2n) is 6.02. The van der Waals surface area contributed by atoms with Gasteiger partial charge in [-0.15, -0.1) is 0 Å². The van der Waals surface area contributed by atoms with Crippen molar-refractivity contribution in [2.75, 3.05) is 18.1 Å². The monoisotopic (exact) mass is 291 g/mol. The third-order valence-corrected chi connectivity index (χ3v) is 4.91. The number of hydrogen-bond acceptors (Lipinski definition) is 4. The number of hydrogen-bond donors (Lipinski definition) is 0. The van der Waals surface area contributed by atoms with Gasteiger partial charge in [-0.2, -0.15) is 0 Å². The summed E-state index contributed by atoms with van der Waals surface area (Å²) in [6.45, 7) is 7.65. The first-order chi connectivity index (χ1) is 8.64. The topological polar surface area (TPSA) is 63.7 Å². The minimum absolute atomic E-state index is 0.0444. The van der Waals surface area contributed by atoms with E-state index in [1.165, 1.54) is 0 Å². The normalized spacial score (nSPS) is 21.3.